The van der Waals surface area contributed by atoms with Crippen molar-refractivity contribution in [3.05, 3.63) is 12.7 Å². The van der Waals surface area contributed by atoms with Gasteiger partial charge in [0.2, 0.25) is 0 Å². The Bertz CT molecular complexity index is 257. The minimum atomic E-state index is -0.992. The summed E-state index contributed by atoms with van der Waals surface area (Å²) in [6.07, 6.45) is 5.38. The molecule has 0 spiro atoms. The molecule has 5 heteroatoms. The van der Waals surface area contributed by atoms with E-state index >= 15 is 0 Å². The largest absolute Gasteiger partial charge is 0.394 e. The van der Waals surface area contributed by atoms with Gasteiger partial charge in [0.1, 0.15) is 24.4 Å². The molecular weight excluding hydrogens is 260 g/mol. The number of aliphatic hydroxyl groups excluding tert-OH is 3. The Kier molecular flexibility index (Phi) is 9.05. The summed E-state index contributed by atoms with van der Waals surface area (Å²) in [4.78, 5) is 0. The van der Waals surface area contributed by atoms with Crippen molar-refractivity contribution in [2.75, 3.05) is 19.8 Å². The van der Waals surface area contributed by atoms with Gasteiger partial charge in [0, 0.05) is 6.61 Å². The molecule has 0 unspecified atom stereocenters. The fourth-order valence-corrected chi connectivity index (χ4v) is 2.36. The van der Waals surface area contributed by atoms with Crippen molar-refractivity contribution in [3.8, 4) is 0 Å². The third kappa shape index (κ3) is 5.89. The minimum Gasteiger partial charge on any atom is -0.394 e. The predicted molar refractivity (Wildman–Crippen MR) is 76.5 cm³/mol. The van der Waals surface area contributed by atoms with E-state index in [1.807, 2.05) is 6.08 Å². The van der Waals surface area contributed by atoms with Gasteiger partial charge in [-0.05, 0) is 19.3 Å². The van der Waals surface area contributed by atoms with Gasteiger partial charge in [-0.15, -0.1) is 6.58 Å². The van der Waals surface area contributed by atoms with Gasteiger partial charge in [0.15, 0.2) is 0 Å². The number of ether oxygens (including phenoxy) is 2. The van der Waals surface area contributed by atoms with Crippen LogP contribution in [0.2, 0.25) is 0 Å². The number of allylic oxidation sites excluding steroid dienone is 1. The van der Waals surface area contributed by atoms with Gasteiger partial charge in [-0.2, -0.15) is 0 Å². The molecule has 0 aliphatic carbocycles. The molecule has 118 valence electrons. The van der Waals surface area contributed by atoms with E-state index in [1.165, 1.54) is 12.8 Å². The van der Waals surface area contributed by atoms with E-state index in [4.69, 9.17) is 9.47 Å². The molecule has 0 amide bonds. The average Bonchev–Trinajstić information content (AvgIpc) is 2.46. The van der Waals surface area contributed by atoms with Gasteiger partial charge in [-0.1, -0.05) is 25.3 Å². The molecular formula is C15H28O5. The third-order valence-corrected chi connectivity index (χ3v) is 3.62. The normalized spacial score (nSPS) is 30.4. The highest BCUT2D eigenvalue weighted by Crippen LogP contribution is 2.19. The summed E-state index contributed by atoms with van der Waals surface area (Å²) >= 11 is 0. The van der Waals surface area contributed by atoms with Crippen LogP contribution in [0.1, 0.15) is 38.5 Å². The van der Waals surface area contributed by atoms with Gasteiger partial charge in [0.05, 0.1) is 13.2 Å². The Hall–Kier alpha value is -0.460. The van der Waals surface area contributed by atoms with Gasteiger partial charge in [-0.25, -0.2) is 0 Å². The van der Waals surface area contributed by atoms with Gasteiger partial charge in [-0.3, -0.25) is 0 Å². The first-order chi connectivity index (χ1) is 9.70. The second kappa shape index (κ2) is 10.3. The van der Waals surface area contributed by atoms with Crippen LogP contribution in [-0.2, 0) is 9.47 Å². The van der Waals surface area contributed by atoms with Crippen LogP contribution in [0.3, 0.4) is 0 Å². The number of aliphatic hydroxyl groups is 3. The zero-order valence-corrected chi connectivity index (χ0v) is 12.1. The van der Waals surface area contributed by atoms with E-state index in [0.717, 1.165) is 25.7 Å². The summed E-state index contributed by atoms with van der Waals surface area (Å²) < 4.78 is 10.8. The molecule has 0 aromatic heterocycles. The predicted octanol–water partition coefficient (Wildman–Crippen LogP) is 1.01. The molecule has 0 saturated carbocycles. The summed E-state index contributed by atoms with van der Waals surface area (Å²) in [5.74, 6) is 0. The first kappa shape index (κ1) is 17.6. The Morgan fingerprint density at radius 1 is 1.15 bits per heavy atom. The molecule has 3 N–H and O–H groups in total. The zero-order chi connectivity index (χ0) is 14.8. The van der Waals surface area contributed by atoms with Crippen LogP contribution in [0.15, 0.2) is 12.7 Å². The molecule has 0 aromatic carbocycles. The first-order valence-corrected chi connectivity index (χ1v) is 7.51. The first-order valence-electron chi connectivity index (χ1n) is 7.51. The van der Waals surface area contributed by atoms with E-state index in [-0.39, 0.29) is 13.2 Å². The lowest BCUT2D eigenvalue weighted by molar-refractivity contribution is -0.211. The van der Waals surface area contributed by atoms with E-state index in [0.29, 0.717) is 6.61 Å². The van der Waals surface area contributed by atoms with E-state index in [9.17, 15) is 15.3 Å². The standard InChI is InChI=1S/C15H28O5/c1-2-3-4-5-6-7-8-9-19-15-13(10-16)20-11-12(17)14(15)18/h2,12-18H,1,3-11H2/t12-,13+,14+,15+/m1/s1. The van der Waals surface area contributed by atoms with Gasteiger partial charge < -0.3 is 24.8 Å². The Labute approximate surface area is 121 Å². The third-order valence-electron chi connectivity index (χ3n) is 3.62. The van der Waals surface area contributed by atoms with Crippen LogP contribution < -0.4 is 0 Å². The Balaban J connectivity index is 2.13. The molecule has 1 saturated heterocycles. The number of unbranched alkanes of at least 4 members (excludes halogenated alkanes) is 5. The van der Waals surface area contributed by atoms with Crippen molar-refractivity contribution in [2.45, 2.75) is 62.9 Å². The lowest BCUT2D eigenvalue weighted by atomic mass is 10.0. The highest BCUT2D eigenvalue weighted by atomic mass is 16.6. The van der Waals surface area contributed by atoms with Crippen molar-refractivity contribution in [2.24, 2.45) is 0 Å². The second-order valence-corrected chi connectivity index (χ2v) is 5.29. The molecule has 4 atom stereocenters. The smallest absolute Gasteiger partial charge is 0.114 e. The van der Waals surface area contributed by atoms with Crippen molar-refractivity contribution >= 4 is 0 Å². The number of hydrogen-bond donors (Lipinski definition) is 3. The maximum Gasteiger partial charge on any atom is 0.114 e. The van der Waals surface area contributed by atoms with E-state index < -0.39 is 24.4 Å². The monoisotopic (exact) mass is 288 g/mol. The Morgan fingerprint density at radius 2 is 1.85 bits per heavy atom. The fourth-order valence-electron chi connectivity index (χ4n) is 2.36. The molecule has 0 bridgehead atoms. The Morgan fingerprint density at radius 3 is 2.55 bits per heavy atom. The molecule has 1 rings (SSSR count). The van der Waals surface area contributed by atoms with Crippen molar-refractivity contribution < 1.29 is 24.8 Å². The lowest BCUT2D eigenvalue weighted by Gasteiger charge is -2.37. The maximum atomic E-state index is 9.86. The maximum absolute atomic E-state index is 9.86. The summed E-state index contributed by atoms with van der Waals surface area (Å²) in [5.41, 5.74) is 0. The van der Waals surface area contributed by atoms with Crippen molar-refractivity contribution in [1.29, 1.82) is 0 Å². The number of rotatable bonds is 10. The highest BCUT2D eigenvalue weighted by Gasteiger charge is 2.39. The summed E-state index contributed by atoms with van der Waals surface area (Å²) in [5, 5.41) is 28.6. The average molecular weight is 288 g/mol. The molecule has 0 radical (unpaired) electrons. The molecule has 0 aromatic rings. The second-order valence-electron chi connectivity index (χ2n) is 5.29. The molecule has 1 aliphatic rings. The molecule has 1 fully saturated rings. The van der Waals surface area contributed by atoms with Crippen LogP contribution >= 0.6 is 0 Å². The van der Waals surface area contributed by atoms with Crippen LogP contribution in [0.5, 0.6) is 0 Å². The highest BCUT2D eigenvalue weighted by molar-refractivity contribution is 4.87. The van der Waals surface area contributed by atoms with E-state index in [1.54, 1.807) is 0 Å². The topological polar surface area (TPSA) is 79.2 Å². The van der Waals surface area contributed by atoms with Gasteiger partial charge in [0.25, 0.3) is 0 Å². The molecule has 5 nitrogen and oxygen atoms in total. The molecule has 1 aliphatic heterocycles. The van der Waals surface area contributed by atoms with Crippen LogP contribution in [0.4, 0.5) is 0 Å². The summed E-state index contributed by atoms with van der Waals surface area (Å²) in [6.45, 7) is 4.03. The van der Waals surface area contributed by atoms with Crippen LogP contribution in [0, 0.1) is 0 Å². The quantitative estimate of drug-likeness (QED) is 0.413. The summed E-state index contributed by atoms with van der Waals surface area (Å²) in [6, 6.07) is 0. The number of hydrogen-bond acceptors (Lipinski definition) is 5. The van der Waals surface area contributed by atoms with Gasteiger partial charge >= 0.3 is 0 Å². The minimum absolute atomic E-state index is 0.0373. The summed E-state index contributed by atoms with van der Waals surface area (Å²) in [7, 11) is 0. The molecule has 20 heavy (non-hydrogen) atoms. The lowest BCUT2D eigenvalue weighted by Crippen LogP contribution is -2.55. The van der Waals surface area contributed by atoms with Crippen molar-refractivity contribution in [3.63, 3.8) is 0 Å². The fraction of sp³-hybridized carbons (Fsp3) is 0.867. The van der Waals surface area contributed by atoms with Crippen LogP contribution in [0.25, 0.3) is 0 Å². The van der Waals surface area contributed by atoms with Crippen LogP contribution in [-0.4, -0.2) is 59.6 Å². The van der Waals surface area contributed by atoms with E-state index in [2.05, 4.69) is 6.58 Å². The van der Waals surface area contributed by atoms with Crippen molar-refractivity contribution in [1.82, 2.24) is 0 Å². The zero-order valence-electron chi connectivity index (χ0n) is 12.1. The molecule has 1 heterocycles. The SMILES string of the molecule is C=CCCCCCCCO[C@@H]1[C@@H](O)[C@H](O)CO[C@H]1CO.